The summed E-state index contributed by atoms with van der Waals surface area (Å²) in [5.41, 5.74) is 4.31. The van der Waals surface area contributed by atoms with Crippen LogP contribution in [0.5, 0.6) is 5.75 Å². The van der Waals surface area contributed by atoms with Crippen molar-refractivity contribution in [2.45, 2.75) is 26.4 Å². The van der Waals surface area contributed by atoms with E-state index in [2.05, 4.69) is 33.4 Å². The van der Waals surface area contributed by atoms with Crippen LogP contribution in [-0.4, -0.2) is 31.0 Å². The van der Waals surface area contributed by atoms with Gasteiger partial charge in [-0.1, -0.05) is 13.3 Å². The zero-order valence-corrected chi connectivity index (χ0v) is 15.4. The largest absolute Gasteiger partial charge is 0.497 e. The predicted octanol–water partition coefficient (Wildman–Crippen LogP) is 3.71. The summed E-state index contributed by atoms with van der Waals surface area (Å²) in [7, 11) is 3.72. The SMILES string of the molecule is CCCc1cnn(Cn2c(-c3cccn3C)nc3ccc(OC)cc32)c1. The lowest BCUT2D eigenvalue weighted by molar-refractivity contribution is 0.415. The molecule has 0 fully saturated rings. The summed E-state index contributed by atoms with van der Waals surface area (Å²) in [6, 6.07) is 10.1. The molecule has 0 aliphatic carbocycles. The van der Waals surface area contributed by atoms with Gasteiger partial charge in [0.15, 0.2) is 5.82 Å². The van der Waals surface area contributed by atoms with Gasteiger partial charge in [-0.3, -0.25) is 4.68 Å². The maximum atomic E-state index is 5.42. The number of aromatic nitrogens is 5. The van der Waals surface area contributed by atoms with E-state index in [1.165, 1.54) is 5.56 Å². The second-order valence-corrected chi connectivity index (χ2v) is 6.50. The number of imidazole rings is 1. The number of methoxy groups -OCH3 is 1. The van der Waals surface area contributed by atoms with Gasteiger partial charge >= 0.3 is 0 Å². The molecule has 0 aliphatic rings. The molecule has 0 aliphatic heterocycles. The lowest BCUT2D eigenvalue weighted by Gasteiger charge is -2.11. The quantitative estimate of drug-likeness (QED) is 0.533. The van der Waals surface area contributed by atoms with Gasteiger partial charge in [-0.15, -0.1) is 0 Å². The first-order valence-electron chi connectivity index (χ1n) is 8.87. The van der Waals surface area contributed by atoms with Crippen molar-refractivity contribution in [2.75, 3.05) is 7.11 Å². The second-order valence-electron chi connectivity index (χ2n) is 6.50. The zero-order chi connectivity index (χ0) is 18.1. The number of benzene rings is 1. The van der Waals surface area contributed by atoms with E-state index in [0.717, 1.165) is 41.1 Å². The number of rotatable bonds is 6. The summed E-state index contributed by atoms with van der Waals surface area (Å²) in [5.74, 6) is 1.75. The smallest absolute Gasteiger partial charge is 0.159 e. The van der Waals surface area contributed by atoms with Crippen molar-refractivity contribution in [1.82, 2.24) is 23.9 Å². The lowest BCUT2D eigenvalue weighted by Crippen LogP contribution is -2.11. The molecule has 4 rings (SSSR count). The number of ether oxygens (including phenoxy) is 1. The Kier molecular flexibility index (Phi) is 4.24. The Balaban J connectivity index is 1.84. The molecule has 1 aromatic carbocycles. The summed E-state index contributed by atoms with van der Waals surface area (Å²) in [4.78, 5) is 4.88. The molecule has 0 atom stereocenters. The third-order valence-corrected chi connectivity index (χ3v) is 4.64. The van der Waals surface area contributed by atoms with Crippen molar-refractivity contribution < 1.29 is 4.74 Å². The molecule has 134 valence electrons. The third kappa shape index (κ3) is 2.87. The van der Waals surface area contributed by atoms with Crippen molar-refractivity contribution in [3.63, 3.8) is 0 Å². The van der Waals surface area contributed by atoms with Crippen molar-refractivity contribution >= 4 is 11.0 Å². The molecule has 6 nitrogen and oxygen atoms in total. The van der Waals surface area contributed by atoms with Gasteiger partial charge in [0.25, 0.3) is 0 Å². The molecule has 3 aromatic heterocycles. The summed E-state index contributed by atoms with van der Waals surface area (Å²) >= 11 is 0. The van der Waals surface area contributed by atoms with E-state index in [-0.39, 0.29) is 0 Å². The highest BCUT2D eigenvalue weighted by Crippen LogP contribution is 2.27. The number of aryl methyl sites for hydroxylation is 2. The van der Waals surface area contributed by atoms with Crippen LogP contribution >= 0.6 is 0 Å². The van der Waals surface area contributed by atoms with Crippen LogP contribution in [0.25, 0.3) is 22.6 Å². The Labute approximate surface area is 152 Å². The first kappa shape index (κ1) is 16.4. The van der Waals surface area contributed by atoms with Gasteiger partial charge in [-0.05, 0) is 36.2 Å². The Bertz CT molecular complexity index is 1040. The van der Waals surface area contributed by atoms with Crippen molar-refractivity contribution in [3.05, 3.63) is 54.5 Å². The average Bonchev–Trinajstić information content (AvgIpc) is 3.35. The molecule has 0 amide bonds. The van der Waals surface area contributed by atoms with Gasteiger partial charge in [0, 0.05) is 25.5 Å². The van der Waals surface area contributed by atoms with E-state index >= 15 is 0 Å². The minimum Gasteiger partial charge on any atom is -0.497 e. The number of hydrogen-bond acceptors (Lipinski definition) is 3. The van der Waals surface area contributed by atoms with Crippen LogP contribution < -0.4 is 4.74 Å². The average molecular weight is 349 g/mol. The van der Waals surface area contributed by atoms with Crippen LogP contribution in [0.15, 0.2) is 48.9 Å². The van der Waals surface area contributed by atoms with Crippen molar-refractivity contribution in [2.24, 2.45) is 7.05 Å². The van der Waals surface area contributed by atoms with Gasteiger partial charge < -0.3 is 13.9 Å². The summed E-state index contributed by atoms with van der Waals surface area (Å²) in [5, 5.41) is 4.53. The highest BCUT2D eigenvalue weighted by molar-refractivity contribution is 5.81. The lowest BCUT2D eigenvalue weighted by atomic mass is 10.2. The predicted molar refractivity (Wildman–Crippen MR) is 102 cm³/mol. The highest BCUT2D eigenvalue weighted by atomic mass is 16.5. The minimum absolute atomic E-state index is 0.605. The monoisotopic (exact) mass is 349 g/mol. The molecule has 0 radical (unpaired) electrons. The van der Waals surface area contributed by atoms with E-state index in [4.69, 9.17) is 9.72 Å². The molecule has 0 unspecified atom stereocenters. The molecule has 6 heteroatoms. The molecule has 0 N–H and O–H groups in total. The van der Waals surface area contributed by atoms with Crippen molar-refractivity contribution in [1.29, 1.82) is 0 Å². The standard InChI is InChI=1S/C20H23N5O/c1-4-6-15-12-21-24(13-15)14-25-19-11-16(26-3)8-9-17(19)22-20(25)18-7-5-10-23(18)2/h5,7-13H,4,6,14H2,1-3H3. The van der Waals surface area contributed by atoms with Crippen LogP contribution in [0.3, 0.4) is 0 Å². The molecular weight excluding hydrogens is 326 g/mol. The highest BCUT2D eigenvalue weighted by Gasteiger charge is 2.16. The number of fused-ring (bicyclic) bond motifs is 1. The van der Waals surface area contributed by atoms with Crippen LogP contribution in [0.1, 0.15) is 18.9 Å². The maximum Gasteiger partial charge on any atom is 0.159 e. The third-order valence-electron chi connectivity index (χ3n) is 4.64. The molecule has 0 spiro atoms. The Morgan fingerprint density at radius 2 is 2.08 bits per heavy atom. The normalized spacial score (nSPS) is 11.3. The first-order chi connectivity index (χ1) is 12.7. The van der Waals surface area contributed by atoms with Crippen LogP contribution in [0.2, 0.25) is 0 Å². The second kappa shape index (κ2) is 6.71. The zero-order valence-electron chi connectivity index (χ0n) is 15.4. The Hall–Kier alpha value is -3.02. The summed E-state index contributed by atoms with van der Waals surface area (Å²) in [6.45, 7) is 2.79. The van der Waals surface area contributed by atoms with Gasteiger partial charge in [0.1, 0.15) is 12.4 Å². The van der Waals surface area contributed by atoms with Gasteiger partial charge in [0.05, 0.1) is 30.0 Å². The molecular formula is C20H23N5O. The molecule has 26 heavy (non-hydrogen) atoms. The van der Waals surface area contributed by atoms with Crippen LogP contribution in [0.4, 0.5) is 0 Å². The Morgan fingerprint density at radius 3 is 2.81 bits per heavy atom. The van der Waals surface area contributed by atoms with E-state index in [0.29, 0.717) is 6.67 Å². The minimum atomic E-state index is 0.605. The number of hydrogen-bond donors (Lipinski definition) is 0. The van der Waals surface area contributed by atoms with Gasteiger partial charge in [0.2, 0.25) is 0 Å². The topological polar surface area (TPSA) is 49.8 Å². The molecule has 0 saturated heterocycles. The fourth-order valence-corrected chi connectivity index (χ4v) is 3.31. The summed E-state index contributed by atoms with van der Waals surface area (Å²) < 4.78 is 11.7. The molecule has 3 heterocycles. The summed E-state index contributed by atoms with van der Waals surface area (Å²) in [6.07, 6.45) is 8.26. The number of nitrogens with zero attached hydrogens (tertiary/aromatic N) is 5. The van der Waals surface area contributed by atoms with Gasteiger partial charge in [-0.2, -0.15) is 5.10 Å². The van der Waals surface area contributed by atoms with E-state index in [1.54, 1.807) is 7.11 Å². The van der Waals surface area contributed by atoms with Crippen LogP contribution in [-0.2, 0) is 20.1 Å². The molecule has 0 saturated carbocycles. The maximum absolute atomic E-state index is 5.42. The van der Waals surface area contributed by atoms with E-state index < -0.39 is 0 Å². The fourth-order valence-electron chi connectivity index (χ4n) is 3.31. The van der Waals surface area contributed by atoms with E-state index in [1.807, 2.05) is 48.4 Å². The molecule has 0 bridgehead atoms. The molecule has 4 aromatic rings. The van der Waals surface area contributed by atoms with Crippen molar-refractivity contribution in [3.8, 4) is 17.3 Å². The van der Waals surface area contributed by atoms with Gasteiger partial charge in [-0.25, -0.2) is 4.98 Å². The van der Waals surface area contributed by atoms with Crippen LogP contribution in [0, 0.1) is 0 Å². The van der Waals surface area contributed by atoms with E-state index in [9.17, 15) is 0 Å². The fraction of sp³-hybridized carbons (Fsp3) is 0.300. The first-order valence-corrected chi connectivity index (χ1v) is 8.87. The Morgan fingerprint density at radius 1 is 1.19 bits per heavy atom.